The number of non-ortho nitro benzene ring substituents is 1. The quantitative estimate of drug-likeness (QED) is 0.643. The van der Waals surface area contributed by atoms with Gasteiger partial charge in [-0.3, -0.25) is 10.1 Å². The predicted octanol–water partition coefficient (Wildman–Crippen LogP) is 2.32. The maximum Gasteiger partial charge on any atom is 0.273 e. The van der Waals surface area contributed by atoms with E-state index in [0.717, 1.165) is 11.3 Å². The van der Waals surface area contributed by atoms with Crippen molar-refractivity contribution >= 4 is 27.0 Å². The van der Waals surface area contributed by atoms with Crippen LogP contribution in [-0.4, -0.2) is 32.0 Å². The molecule has 0 amide bonds. The van der Waals surface area contributed by atoms with E-state index in [4.69, 9.17) is 4.84 Å². The van der Waals surface area contributed by atoms with Crippen LogP contribution in [0, 0.1) is 10.1 Å². The van der Waals surface area contributed by atoms with Gasteiger partial charge in [-0.05, 0) is 23.8 Å². The summed E-state index contributed by atoms with van der Waals surface area (Å²) < 4.78 is 27.2. The monoisotopic (exact) mass is 367 g/mol. The molecule has 0 spiro atoms. The lowest BCUT2D eigenvalue weighted by atomic mass is 10.2. The summed E-state index contributed by atoms with van der Waals surface area (Å²) in [5, 5.41) is 12.3. The van der Waals surface area contributed by atoms with Gasteiger partial charge in [-0.25, -0.2) is 13.1 Å². The molecule has 0 saturated carbocycles. The van der Waals surface area contributed by atoms with Crippen molar-refractivity contribution in [1.82, 2.24) is 9.79 Å². The average Bonchev–Trinajstić information content (AvgIpc) is 3.17. The summed E-state index contributed by atoms with van der Waals surface area (Å²) in [5.41, 5.74) is 0.544. The topological polar surface area (TPSA) is 102 Å². The van der Waals surface area contributed by atoms with Crippen molar-refractivity contribution in [3.8, 4) is 10.4 Å². The smallest absolute Gasteiger partial charge is 0.273 e. The molecule has 0 atom stereocenters. The van der Waals surface area contributed by atoms with Gasteiger partial charge in [0.1, 0.15) is 4.21 Å². The second-order valence-electron chi connectivity index (χ2n) is 5.00. The third-order valence-corrected chi connectivity index (χ3v) is 6.18. The minimum absolute atomic E-state index is 0.0454. The zero-order valence-electron chi connectivity index (χ0n) is 12.5. The highest BCUT2D eigenvalue weighted by molar-refractivity contribution is 7.91. The Labute approximate surface area is 142 Å². The average molecular weight is 367 g/mol. The van der Waals surface area contributed by atoms with E-state index in [1.807, 2.05) is 0 Å². The molecule has 8 nitrogen and oxygen atoms in total. The minimum Gasteiger partial charge on any atom is -0.387 e. The summed E-state index contributed by atoms with van der Waals surface area (Å²) in [5.74, 6) is 0.155. The standard InChI is InChI=1S/C14H13N3O5S2/c1-16-8-7-13(22-16)15-24(20,21)14-6-5-12(23-14)10-3-2-4-11(9-10)17(18)19/h2-7,9,15H,8H2,1H3. The van der Waals surface area contributed by atoms with E-state index in [9.17, 15) is 18.5 Å². The summed E-state index contributed by atoms with van der Waals surface area (Å²) in [6.45, 7) is 0.487. The van der Waals surface area contributed by atoms with Crippen molar-refractivity contribution in [2.45, 2.75) is 4.21 Å². The van der Waals surface area contributed by atoms with Crippen molar-refractivity contribution in [3.05, 3.63) is 58.5 Å². The molecule has 0 bridgehead atoms. The Hall–Kier alpha value is -2.43. The van der Waals surface area contributed by atoms with Gasteiger partial charge in [0.2, 0.25) is 5.88 Å². The van der Waals surface area contributed by atoms with E-state index in [1.165, 1.54) is 23.3 Å². The Morgan fingerprint density at radius 2 is 2.12 bits per heavy atom. The predicted molar refractivity (Wildman–Crippen MR) is 88.5 cm³/mol. The van der Waals surface area contributed by atoms with E-state index in [2.05, 4.69) is 4.72 Å². The molecular weight excluding hydrogens is 354 g/mol. The lowest BCUT2D eigenvalue weighted by Crippen LogP contribution is -2.24. The molecule has 1 aromatic heterocycles. The van der Waals surface area contributed by atoms with Gasteiger partial charge in [-0.2, -0.15) is 0 Å². The summed E-state index contributed by atoms with van der Waals surface area (Å²) >= 11 is 1.03. The molecule has 24 heavy (non-hydrogen) atoms. The lowest BCUT2D eigenvalue weighted by molar-refractivity contribution is -0.384. The fourth-order valence-electron chi connectivity index (χ4n) is 2.09. The van der Waals surface area contributed by atoms with E-state index >= 15 is 0 Å². The van der Waals surface area contributed by atoms with E-state index in [-0.39, 0.29) is 15.8 Å². The Kier molecular flexibility index (Phi) is 4.26. The maximum absolute atomic E-state index is 12.4. The molecule has 1 N–H and O–H groups in total. The van der Waals surface area contributed by atoms with Crippen LogP contribution in [0.3, 0.4) is 0 Å². The zero-order chi connectivity index (χ0) is 17.3. The minimum atomic E-state index is -3.77. The second kappa shape index (κ2) is 6.23. The lowest BCUT2D eigenvalue weighted by Gasteiger charge is -2.11. The molecule has 10 heteroatoms. The number of likely N-dealkylation sites (N-methyl/N-ethyl adjacent to an activating group) is 1. The number of hydrogen-bond donors (Lipinski definition) is 1. The molecule has 2 aromatic rings. The highest BCUT2D eigenvalue weighted by Gasteiger charge is 2.22. The van der Waals surface area contributed by atoms with E-state index in [0.29, 0.717) is 17.0 Å². The number of nitro groups is 1. The first-order chi connectivity index (χ1) is 11.3. The summed E-state index contributed by atoms with van der Waals surface area (Å²) in [6, 6.07) is 9.13. The van der Waals surface area contributed by atoms with E-state index < -0.39 is 14.9 Å². The Bertz CT molecular complexity index is 920. The number of sulfonamides is 1. The van der Waals surface area contributed by atoms with Crippen LogP contribution in [0.25, 0.3) is 10.4 Å². The molecule has 126 valence electrons. The fraction of sp³-hybridized carbons (Fsp3) is 0.143. The number of nitrogens with zero attached hydrogens (tertiary/aromatic N) is 2. The number of rotatable bonds is 5. The van der Waals surface area contributed by atoms with Gasteiger partial charge < -0.3 is 4.84 Å². The van der Waals surface area contributed by atoms with Crippen molar-refractivity contribution in [1.29, 1.82) is 0 Å². The number of hydrogen-bond acceptors (Lipinski definition) is 7. The molecule has 3 rings (SSSR count). The fourth-order valence-corrected chi connectivity index (χ4v) is 4.39. The molecule has 0 unspecified atom stereocenters. The maximum atomic E-state index is 12.4. The molecule has 1 aliphatic heterocycles. The second-order valence-corrected chi connectivity index (χ2v) is 7.99. The number of nitrogens with one attached hydrogen (secondary N) is 1. The number of thiophene rings is 1. The normalized spacial score (nSPS) is 15.0. The Morgan fingerprint density at radius 1 is 1.33 bits per heavy atom. The van der Waals surface area contributed by atoms with Gasteiger partial charge in [0, 0.05) is 24.1 Å². The summed E-state index contributed by atoms with van der Waals surface area (Å²) in [7, 11) is -2.08. The molecule has 0 aliphatic carbocycles. The number of benzene rings is 1. The van der Waals surface area contributed by atoms with Crippen LogP contribution < -0.4 is 4.72 Å². The summed E-state index contributed by atoms with van der Waals surface area (Å²) in [4.78, 5) is 16.2. The molecule has 1 aliphatic rings. The highest BCUT2D eigenvalue weighted by Crippen LogP contribution is 2.32. The molecular formula is C14H13N3O5S2. The first-order valence-electron chi connectivity index (χ1n) is 6.82. The van der Waals surface area contributed by atoms with Crippen molar-refractivity contribution in [3.63, 3.8) is 0 Å². The van der Waals surface area contributed by atoms with E-state index in [1.54, 1.807) is 31.3 Å². The van der Waals surface area contributed by atoms with Gasteiger partial charge in [0.15, 0.2) is 0 Å². The molecule has 1 aromatic carbocycles. The van der Waals surface area contributed by atoms with Gasteiger partial charge in [-0.1, -0.05) is 12.1 Å². The van der Waals surface area contributed by atoms with Gasteiger partial charge in [0.25, 0.3) is 15.7 Å². The first kappa shape index (κ1) is 16.4. The number of nitro benzene ring substituents is 1. The van der Waals surface area contributed by atoms with Crippen molar-refractivity contribution < 1.29 is 18.2 Å². The van der Waals surface area contributed by atoms with Crippen LogP contribution in [-0.2, 0) is 14.9 Å². The first-order valence-corrected chi connectivity index (χ1v) is 9.12. The molecule has 0 saturated heterocycles. The van der Waals surface area contributed by atoms with Crippen molar-refractivity contribution in [2.75, 3.05) is 13.6 Å². The van der Waals surface area contributed by atoms with Gasteiger partial charge in [0.05, 0.1) is 11.5 Å². The third-order valence-electron chi connectivity index (χ3n) is 3.21. The van der Waals surface area contributed by atoms with Crippen LogP contribution in [0.5, 0.6) is 0 Å². The SMILES string of the molecule is CN1CC=C(NS(=O)(=O)c2ccc(-c3cccc([N+](=O)[O-])c3)s2)O1. The van der Waals surface area contributed by atoms with Crippen LogP contribution in [0.1, 0.15) is 0 Å². The van der Waals surface area contributed by atoms with Gasteiger partial charge in [-0.15, -0.1) is 16.4 Å². The molecule has 0 fully saturated rings. The van der Waals surface area contributed by atoms with Gasteiger partial charge >= 0.3 is 0 Å². The van der Waals surface area contributed by atoms with Crippen LogP contribution in [0.2, 0.25) is 0 Å². The Morgan fingerprint density at radius 3 is 2.79 bits per heavy atom. The third kappa shape index (κ3) is 3.40. The van der Waals surface area contributed by atoms with Crippen LogP contribution >= 0.6 is 11.3 Å². The zero-order valence-corrected chi connectivity index (χ0v) is 14.1. The molecule has 0 radical (unpaired) electrons. The van der Waals surface area contributed by atoms with Crippen LogP contribution in [0.4, 0.5) is 5.69 Å². The summed E-state index contributed by atoms with van der Waals surface area (Å²) in [6.07, 6.45) is 1.62. The highest BCUT2D eigenvalue weighted by atomic mass is 32.2. The Balaban J connectivity index is 1.85. The van der Waals surface area contributed by atoms with Crippen LogP contribution in [0.15, 0.2) is 52.6 Å². The largest absolute Gasteiger partial charge is 0.387 e. The van der Waals surface area contributed by atoms with Crippen molar-refractivity contribution in [2.24, 2.45) is 0 Å². The number of hydroxylamine groups is 2. The molecule has 2 heterocycles.